The van der Waals surface area contributed by atoms with Gasteiger partial charge in [0.2, 0.25) is 0 Å². The topological polar surface area (TPSA) is 0 Å². The zero-order chi connectivity index (χ0) is 6.54. The third-order valence-electron chi connectivity index (χ3n) is 1.53. The molecule has 0 aromatic heterocycles. The van der Waals surface area contributed by atoms with Gasteiger partial charge >= 0.3 is 0 Å². The van der Waals surface area contributed by atoms with Gasteiger partial charge in [-0.1, -0.05) is 0 Å². The quantitative estimate of drug-likeness (QED) is 0.597. The molecule has 0 spiro atoms. The van der Waals surface area contributed by atoms with Crippen molar-refractivity contribution < 1.29 is 0 Å². The fraction of sp³-hybridized carbons (Fsp3) is 1.00. The molecule has 3 heteroatoms. The summed E-state index contributed by atoms with van der Waals surface area (Å²) < 4.78 is 1.22. The van der Waals surface area contributed by atoms with Gasteiger partial charge in [-0.15, -0.1) is 35.3 Å². The Morgan fingerprint density at radius 2 is 1.44 bits per heavy atom. The third-order valence-corrected chi connectivity index (χ3v) is 6.51. The van der Waals surface area contributed by atoms with Crippen molar-refractivity contribution in [2.45, 2.75) is 22.0 Å². The molecule has 2 atom stereocenters. The summed E-state index contributed by atoms with van der Waals surface area (Å²) >= 11 is 6.34. The fourth-order valence-corrected chi connectivity index (χ4v) is 4.66. The first-order chi connectivity index (χ1) is 4.12. The zero-order valence-corrected chi connectivity index (χ0v) is 8.09. The van der Waals surface area contributed by atoms with Gasteiger partial charge in [0.25, 0.3) is 0 Å². The van der Waals surface area contributed by atoms with E-state index in [0.29, 0.717) is 8.16 Å². The molecule has 0 amide bonds. The second-order valence-corrected chi connectivity index (χ2v) is 8.43. The van der Waals surface area contributed by atoms with Gasteiger partial charge in [0, 0.05) is 11.5 Å². The minimum atomic E-state index is 0.609. The number of thioether (sulfide) groups is 3. The van der Waals surface area contributed by atoms with Crippen molar-refractivity contribution in [1.82, 2.24) is 0 Å². The summed E-state index contributed by atoms with van der Waals surface area (Å²) in [6.45, 7) is 4.71. The summed E-state index contributed by atoms with van der Waals surface area (Å²) in [7, 11) is 0. The lowest BCUT2D eigenvalue weighted by molar-refractivity contribution is 1.09. The predicted octanol–water partition coefficient (Wildman–Crippen LogP) is 2.65. The maximum absolute atomic E-state index is 2.35. The maximum atomic E-state index is 2.35. The van der Waals surface area contributed by atoms with Crippen LogP contribution in [0.3, 0.4) is 0 Å². The van der Waals surface area contributed by atoms with Crippen LogP contribution in [0.1, 0.15) is 13.8 Å². The molecular weight excluding hydrogens is 168 g/mol. The van der Waals surface area contributed by atoms with Crippen LogP contribution >= 0.6 is 35.3 Å². The maximum Gasteiger partial charge on any atom is 0.0688 e. The van der Waals surface area contributed by atoms with Crippen LogP contribution in [0, 0.1) is 0 Å². The summed E-state index contributed by atoms with van der Waals surface area (Å²) in [5.41, 5.74) is 0. The van der Waals surface area contributed by atoms with Gasteiger partial charge < -0.3 is 0 Å². The Labute approximate surface area is 68.9 Å². The second kappa shape index (κ2) is 1.80. The summed E-state index contributed by atoms with van der Waals surface area (Å²) in [6.07, 6.45) is 0. The lowest BCUT2D eigenvalue weighted by Crippen LogP contribution is -2.04. The number of rotatable bonds is 2. The molecule has 0 saturated carbocycles. The fourth-order valence-electron chi connectivity index (χ4n) is 0.778. The molecule has 0 aromatic rings. The molecule has 2 saturated heterocycles. The van der Waals surface area contributed by atoms with Crippen LogP contribution in [0.5, 0.6) is 0 Å². The standard InChI is InChI=1S/C6H10S3/c1-5(3-7-5)9-6(2)4-8-6/h3-4H2,1-2H3. The van der Waals surface area contributed by atoms with Crippen molar-refractivity contribution in [1.29, 1.82) is 0 Å². The largest absolute Gasteiger partial charge is 0.141 e. The van der Waals surface area contributed by atoms with Crippen LogP contribution in [0.15, 0.2) is 0 Å². The van der Waals surface area contributed by atoms with Crippen LogP contribution < -0.4 is 0 Å². The van der Waals surface area contributed by atoms with Crippen LogP contribution in [0.2, 0.25) is 0 Å². The molecule has 0 aliphatic carbocycles. The lowest BCUT2D eigenvalue weighted by atomic mass is 10.5. The van der Waals surface area contributed by atoms with E-state index in [4.69, 9.17) is 0 Å². The Kier molecular flexibility index (Phi) is 1.35. The molecule has 9 heavy (non-hydrogen) atoms. The van der Waals surface area contributed by atoms with Gasteiger partial charge in [0.1, 0.15) is 0 Å². The minimum absolute atomic E-state index is 0.609. The highest BCUT2D eigenvalue weighted by Crippen LogP contribution is 2.65. The van der Waals surface area contributed by atoms with E-state index >= 15 is 0 Å². The molecule has 0 N–H and O–H groups in total. The molecular formula is C6H10S3. The van der Waals surface area contributed by atoms with E-state index in [1.54, 1.807) is 0 Å². The summed E-state index contributed by atoms with van der Waals surface area (Å²) in [5.74, 6) is 2.74. The average Bonchev–Trinajstić information content (AvgIpc) is 2.55. The summed E-state index contributed by atoms with van der Waals surface area (Å²) in [4.78, 5) is 0. The van der Waals surface area contributed by atoms with Gasteiger partial charge in [-0.3, -0.25) is 0 Å². The minimum Gasteiger partial charge on any atom is -0.141 e. The molecule has 2 unspecified atom stereocenters. The molecule has 2 fully saturated rings. The molecule has 0 bridgehead atoms. The monoisotopic (exact) mass is 178 g/mol. The van der Waals surface area contributed by atoms with E-state index in [0.717, 1.165) is 0 Å². The van der Waals surface area contributed by atoms with Crippen LogP contribution in [0.25, 0.3) is 0 Å². The van der Waals surface area contributed by atoms with E-state index < -0.39 is 0 Å². The molecule has 0 radical (unpaired) electrons. The molecule has 2 heterocycles. The number of hydrogen-bond acceptors (Lipinski definition) is 3. The van der Waals surface area contributed by atoms with Crippen molar-refractivity contribution in [3.8, 4) is 0 Å². The highest BCUT2D eigenvalue weighted by molar-refractivity contribution is 8.33. The second-order valence-electron chi connectivity index (χ2n) is 2.95. The average molecular weight is 178 g/mol. The first-order valence-corrected chi connectivity index (χ1v) is 5.89. The number of hydrogen-bond donors (Lipinski definition) is 0. The molecule has 2 aliphatic heterocycles. The van der Waals surface area contributed by atoms with Crippen LogP contribution in [-0.2, 0) is 0 Å². The van der Waals surface area contributed by atoms with Gasteiger partial charge in [-0.25, -0.2) is 0 Å². The lowest BCUT2D eigenvalue weighted by Gasteiger charge is -2.09. The Hall–Kier alpha value is 1.05. The van der Waals surface area contributed by atoms with E-state index in [1.807, 2.05) is 0 Å². The zero-order valence-electron chi connectivity index (χ0n) is 5.64. The van der Waals surface area contributed by atoms with Crippen molar-refractivity contribution in [2.75, 3.05) is 11.5 Å². The predicted molar refractivity (Wildman–Crippen MR) is 49.3 cm³/mol. The van der Waals surface area contributed by atoms with E-state index in [-0.39, 0.29) is 0 Å². The Bertz CT molecular complexity index is 119. The van der Waals surface area contributed by atoms with E-state index in [2.05, 4.69) is 49.1 Å². The van der Waals surface area contributed by atoms with Crippen molar-refractivity contribution in [2.24, 2.45) is 0 Å². The highest BCUT2D eigenvalue weighted by Gasteiger charge is 2.51. The Balaban J connectivity index is 1.90. The normalized spacial score (nSPS) is 55.3. The van der Waals surface area contributed by atoms with Gasteiger partial charge in [0.05, 0.1) is 8.16 Å². The van der Waals surface area contributed by atoms with Gasteiger partial charge in [0.15, 0.2) is 0 Å². The molecule has 2 aliphatic rings. The molecule has 0 nitrogen and oxygen atoms in total. The van der Waals surface area contributed by atoms with Gasteiger partial charge in [-0.05, 0) is 13.8 Å². The molecule has 0 aromatic carbocycles. The van der Waals surface area contributed by atoms with Crippen LogP contribution in [0.4, 0.5) is 0 Å². The Morgan fingerprint density at radius 1 is 1.11 bits per heavy atom. The van der Waals surface area contributed by atoms with Gasteiger partial charge in [-0.2, -0.15) is 0 Å². The van der Waals surface area contributed by atoms with E-state index in [1.165, 1.54) is 11.5 Å². The molecule has 52 valence electrons. The SMILES string of the molecule is CC1(SC2(C)CS2)CS1. The highest BCUT2D eigenvalue weighted by atomic mass is 32.2. The van der Waals surface area contributed by atoms with Crippen molar-refractivity contribution in [3.05, 3.63) is 0 Å². The van der Waals surface area contributed by atoms with Crippen LogP contribution in [-0.4, -0.2) is 19.7 Å². The summed E-state index contributed by atoms with van der Waals surface area (Å²) in [5, 5.41) is 0. The smallest absolute Gasteiger partial charge is 0.0688 e. The van der Waals surface area contributed by atoms with E-state index in [9.17, 15) is 0 Å². The van der Waals surface area contributed by atoms with Crippen molar-refractivity contribution in [3.63, 3.8) is 0 Å². The Morgan fingerprint density at radius 3 is 1.67 bits per heavy atom. The van der Waals surface area contributed by atoms with Crippen molar-refractivity contribution >= 4 is 35.3 Å². The summed E-state index contributed by atoms with van der Waals surface area (Å²) in [6, 6.07) is 0. The third kappa shape index (κ3) is 1.55. The first-order valence-electron chi connectivity index (χ1n) is 3.10. The first kappa shape index (κ1) is 6.74. The molecule has 2 rings (SSSR count).